The molecule has 1 amide bonds. The van der Waals surface area contributed by atoms with E-state index in [4.69, 9.17) is 14.5 Å². The smallest absolute Gasteiger partial charge is 0.219 e. The molecule has 0 saturated carbocycles. The molecule has 6 heteroatoms. The first-order chi connectivity index (χ1) is 16.2. The van der Waals surface area contributed by atoms with Crippen LogP contribution in [0.15, 0.2) is 55.1 Å². The monoisotopic (exact) mass is 449 g/mol. The van der Waals surface area contributed by atoms with Crippen LogP contribution in [0.5, 0.6) is 11.5 Å². The summed E-state index contributed by atoms with van der Waals surface area (Å²) in [5, 5.41) is 2.94. The highest BCUT2D eigenvalue weighted by Crippen LogP contribution is 2.28. The number of imidazole rings is 1. The van der Waals surface area contributed by atoms with Crippen molar-refractivity contribution < 1.29 is 14.3 Å². The molecular formula is C27H35N3O3. The number of aromatic nitrogens is 2. The van der Waals surface area contributed by atoms with Gasteiger partial charge in [0.2, 0.25) is 5.91 Å². The standard InChI is InChI=1S/C27H35N3O3/c1-4-11-21-15-16-24(25(20-21)32-3)33-19-9-8-18-30-23-13-7-6-12-22(23)29-26(30)14-10-17-28-27(31)5-2/h4,6-7,12-13,15-16,20H,1,5,8-11,14,17-19H2,2-3H3,(H,28,31). The molecule has 6 nitrogen and oxygen atoms in total. The molecule has 0 bridgehead atoms. The number of para-hydroxylation sites is 2. The van der Waals surface area contributed by atoms with E-state index in [1.165, 1.54) is 0 Å². The maximum atomic E-state index is 11.5. The summed E-state index contributed by atoms with van der Waals surface area (Å²) in [6.45, 7) is 7.84. The van der Waals surface area contributed by atoms with Crippen LogP contribution < -0.4 is 14.8 Å². The van der Waals surface area contributed by atoms with Crippen molar-refractivity contribution in [1.29, 1.82) is 0 Å². The molecule has 2 aromatic carbocycles. The Morgan fingerprint density at radius 1 is 1.15 bits per heavy atom. The Bertz CT molecular complexity index is 1060. The summed E-state index contributed by atoms with van der Waals surface area (Å²) in [4.78, 5) is 16.3. The third-order valence-electron chi connectivity index (χ3n) is 5.60. The zero-order valence-corrected chi connectivity index (χ0v) is 19.8. The van der Waals surface area contributed by atoms with Crippen LogP contribution in [0.3, 0.4) is 0 Å². The van der Waals surface area contributed by atoms with Gasteiger partial charge in [0.15, 0.2) is 11.5 Å². The molecule has 0 fully saturated rings. The number of carbonyl (C=O) groups is 1. The zero-order chi connectivity index (χ0) is 23.5. The predicted octanol–water partition coefficient (Wildman–Crippen LogP) is 5.09. The number of rotatable bonds is 14. The molecule has 33 heavy (non-hydrogen) atoms. The summed E-state index contributed by atoms with van der Waals surface area (Å²) in [6.07, 6.45) is 6.83. The van der Waals surface area contributed by atoms with Crippen LogP contribution in [0, 0.1) is 0 Å². The first-order valence-corrected chi connectivity index (χ1v) is 11.8. The number of benzene rings is 2. The molecule has 1 aromatic heterocycles. The molecule has 0 saturated heterocycles. The minimum Gasteiger partial charge on any atom is -0.493 e. The molecule has 0 aliphatic rings. The highest BCUT2D eigenvalue weighted by molar-refractivity contribution is 5.76. The summed E-state index contributed by atoms with van der Waals surface area (Å²) in [5.74, 6) is 2.69. The van der Waals surface area contributed by atoms with Gasteiger partial charge in [0.25, 0.3) is 0 Å². The fourth-order valence-electron chi connectivity index (χ4n) is 3.84. The van der Waals surface area contributed by atoms with E-state index in [9.17, 15) is 4.79 Å². The van der Waals surface area contributed by atoms with Crippen LogP contribution in [-0.2, 0) is 24.2 Å². The average molecular weight is 450 g/mol. The Labute approximate surface area is 196 Å². The molecular weight excluding hydrogens is 414 g/mol. The number of unbranched alkanes of at least 4 members (excludes halogenated alkanes) is 1. The van der Waals surface area contributed by atoms with E-state index in [0.29, 0.717) is 19.6 Å². The molecule has 0 atom stereocenters. The largest absolute Gasteiger partial charge is 0.493 e. The normalized spacial score (nSPS) is 10.8. The first kappa shape index (κ1) is 24.4. The number of ether oxygens (including phenoxy) is 2. The van der Waals surface area contributed by atoms with Crippen molar-refractivity contribution in [3.63, 3.8) is 0 Å². The average Bonchev–Trinajstić information content (AvgIpc) is 3.19. The van der Waals surface area contributed by atoms with Gasteiger partial charge in [0.1, 0.15) is 5.82 Å². The number of allylic oxidation sites excluding steroid dienone is 1. The number of nitrogens with one attached hydrogen (secondary N) is 1. The van der Waals surface area contributed by atoms with Gasteiger partial charge in [-0.15, -0.1) is 6.58 Å². The summed E-state index contributed by atoms with van der Waals surface area (Å²) in [5.41, 5.74) is 3.33. The van der Waals surface area contributed by atoms with Crippen LogP contribution in [0.4, 0.5) is 0 Å². The minimum atomic E-state index is 0.0930. The van der Waals surface area contributed by atoms with E-state index in [2.05, 4.69) is 34.7 Å². The number of methoxy groups -OCH3 is 1. The van der Waals surface area contributed by atoms with Crippen molar-refractivity contribution in [2.45, 2.75) is 52.0 Å². The fraction of sp³-hybridized carbons (Fsp3) is 0.407. The Hall–Kier alpha value is -3.28. The van der Waals surface area contributed by atoms with E-state index < -0.39 is 0 Å². The lowest BCUT2D eigenvalue weighted by Gasteiger charge is -2.13. The SMILES string of the molecule is C=CCc1ccc(OCCCCn2c(CCCNC(=O)CC)nc3ccccc32)c(OC)c1. The number of hydrogen-bond donors (Lipinski definition) is 1. The van der Waals surface area contributed by atoms with Crippen molar-refractivity contribution in [1.82, 2.24) is 14.9 Å². The third kappa shape index (κ3) is 6.85. The zero-order valence-electron chi connectivity index (χ0n) is 19.8. The summed E-state index contributed by atoms with van der Waals surface area (Å²) < 4.78 is 13.8. The highest BCUT2D eigenvalue weighted by atomic mass is 16.5. The van der Waals surface area contributed by atoms with Gasteiger partial charge in [0, 0.05) is 25.9 Å². The topological polar surface area (TPSA) is 65.4 Å². The maximum absolute atomic E-state index is 11.5. The number of amides is 1. The molecule has 0 radical (unpaired) electrons. The fourth-order valence-corrected chi connectivity index (χ4v) is 3.84. The number of aryl methyl sites for hydroxylation is 2. The molecule has 0 unspecified atom stereocenters. The van der Waals surface area contributed by atoms with Crippen molar-refractivity contribution in [2.75, 3.05) is 20.3 Å². The molecule has 0 aliphatic heterocycles. The van der Waals surface area contributed by atoms with Crippen molar-refractivity contribution >= 4 is 16.9 Å². The van der Waals surface area contributed by atoms with Crippen LogP contribution >= 0.6 is 0 Å². The van der Waals surface area contributed by atoms with Crippen LogP contribution in [0.1, 0.15) is 44.0 Å². The second-order valence-electron chi connectivity index (χ2n) is 8.01. The van der Waals surface area contributed by atoms with Gasteiger partial charge in [-0.3, -0.25) is 4.79 Å². The molecule has 3 rings (SSSR count). The maximum Gasteiger partial charge on any atom is 0.219 e. The van der Waals surface area contributed by atoms with Gasteiger partial charge in [-0.2, -0.15) is 0 Å². The Morgan fingerprint density at radius 2 is 2.00 bits per heavy atom. The lowest BCUT2D eigenvalue weighted by Crippen LogP contribution is -2.23. The van der Waals surface area contributed by atoms with Crippen molar-refractivity contribution in [3.8, 4) is 11.5 Å². The number of carbonyl (C=O) groups excluding carboxylic acids is 1. The lowest BCUT2D eigenvalue weighted by molar-refractivity contribution is -0.120. The van der Waals surface area contributed by atoms with E-state index in [1.807, 2.05) is 37.3 Å². The van der Waals surface area contributed by atoms with Crippen LogP contribution in [0.2, 0.25) is 0 Å². The number of hydrogen-bond acceptors (Lipinski definition) is 4. The van der Waals surface area contributed by atoms with E-state index in [-0.39, 0.29) is 5.91 Å². The first-order valence-electron chi connectivity index (χ1n) is 11.8. The van der Waals surface area contributed by atoms with Crippen LogP contribution in [0.25, 0.3) is 11.0 Å². The Balaban J connectivity index is 1.54. The quantitative estimate of drug-likeness (QED) is 0.275. The minimum absolute atomic E-state index is 0.0930. The van der Waals surface area contributed by atoms with Gasteiger partial charge in [-0.05, 0) is 55.5 Å². The van der Waals surface area contributed by atoms with E-state index in [0.717, 1.165) is 72.6 Å². The molecule has 3 aromatic rings. The summed E-state index contributed by atoms with van der Waals surface area (Å²) >= 11 is 0. The second kappa shape index (κ2) is 12.7. The lowest BCUT2D eigenvalue weighted by atomic mass is 10.1. The highest BCUT2D eigenvalue weighted by Gasteiger charge is 2.11. The number of fused-ring (bicyclic) bond motifs is 1. The van der Waals surface area contributed by atoms with Gasteiger partial charge < -0.3 is 19.4 Å². The molecule has 0 spiro atoms. The van der Waals surface area contributed by atoms with Gasteiger partial charge in [-0.25, -0.2) is 4.98 Å². The van der Waals surface area contributed by atoms with Crippen molar-refractivity contribution in [3.05, 3.63) is 66.5 Å². The van der Waals surface area contributed by atoms with Gasteiger partial charge >= 0.3 is 0 Å². The molecule has 1 N–H and O–H groups in total. The van der Waals surface area contributed by atoms with E-state index >= 15 is 0 Å². The molecule has 0 aliphatic carbocycles. The van der Waals surface area contributed by atoms with E-state index in [1.54, 1.807) is 7.11 Å². The van der Waals surface area contributed by atoms with Gasteiger partial charge in [-0.1, -0.05) is 31.2 Å². The van der Waals surface area contributed by atoms with Crippen molar-refractivity contribution in [2.24, 2.45) is 0 Å². The van der Waals surface area contributed by atoms with Gasteiger partial charge in [0.05, 0.1) is 24.8 Å². The third-order valence-corrected chi connectivity index (χ3v) is 5.60. The van der Waals surface area contributed by atoms with Crippen LogP contribution in [-0.4, -0.2) is 35.7 Å². The molecule has 1 heterocycles. The summed E-state index contributed by atoms with van der Waals surface area (Å²) in [7, 11) is 1.67. The molecule has 176 valence electrons. The summed E-state index contributed by atoms with van der Waals surface area (Å²) in [6, 6.07) is 14.3. The second-order valence-corrected chi connectivity index (χ2v) is 8.01. The predicted molar refractivity (Wildman–Crippen MR) is 133 cm³/mol. The Morgan fingerprint density at radius 3 is 2.79 bits per heavy atom. The number of nitrogens with zero attached hydrogens (tertiary/aromatic N) is 2. The Kier molecular flexibility index (Phi) is 9.36.